The molecule has 3 rings (SSSR count). The highest BCUT2D eigenvalue weighted by Gasteiger charge is 2.14. The van der Waals surface area contributed by atoms with Gasteiger partial charge in [0.25, 0.3) is 0 Å². The number of benzene rings is 1. The van der Waals surface area contributed by atoms with E-state index in [1.807, 2.05) is 42.5 Å². The molecular weight excluding hydrogens is 300 g/mol. The normalized spacial score (nSPS) is 16.1. The highest BCUT2D eigenvalue weighted by Crippen LogP contribution is 2.20. The molecule has 1 unspecified atom stereocenters. The average Bonchev–Trinajstić information content (AvgIpc) is 3.13. The molecule has 1 aromatic carbocycles. The zero-order chi connectivity index (χ0) is 16.6. The lowest BCUT2D eigenvalue weighted by molar-refractivity contribution is -0.121. The van der Waals surface area contributed by atoms with E-state index in [1.54, 1.807) is 6.20 Å². The summed E-state index contributed by atoms with van der Waals surface area (Å²) in [6, 6.07) is 13.8. The number of carbonyl (C=O) groups is 1. The van der Waals surface area contributed by atoms with Gasteiger partial charge in [-0.15, -0.1) is 0 Å². The van der Waals surface area contributed by atoms with Gasteiger partial charge in [0, 0.05) is 24.7 Å². The maximum absolute atomic E-state index is 12.1. The third kappa shape index (κ3) is 4.69. The van der Waals surface area contributed by atoms with E-state index in [2.05, 4.69) is 22.5 Å². The predicted molar refractivity (Wildman–Crippen MR) is 93.3 cm³/mol. The second kappa shape index (κ2) is 8.29. The summed E-state index contributed by atoms with van der Waals surface area (Å²) in [5.74, 6) is 1.03. The Labute approximate surface area is 142 Å². The standard InChI is InChI=1S/C20H22N2O2/c23-19(13-16-7-4-5-8-16)22-14-18-11-6-12-21-20(18)24-15-17-9-2-1-3-10-17/h1-4,6-7,9-12,16H,5,8,13-15H2,(H,22,23). The number of amides is 1. The van der Waals surface area contributed by atoms with Crippen molar-refractivity contribution in [2.24, 2.45) is 5.92 Å². The van der Waals surface area contributed by atoms with Gasteiger partial charge in [-0.25, -0.2) is 4.98 Å². The number of aromatic nitrogens is 1. The minimum absolute atomic E-state index is 0.0735. The highest BCUT2D eigenvalue weighted by atomic mass is 16.5. The molecule has 0 aliphatic heterocycles. The Morgan fingerprint density at radius 1 is 1.21 bits per heavy atom. The van der Waals surface area contributed by atoms with Crippen LogP contribution >= 0.6 is 0 Å². The molecule has 2 aromatic rings. The Kier molecular flexibility index (Phi) is 5.61. The first-order valence-corrected chi connectivity index (χ1v) is 8.35. The Hall–Kier alpha value is -2.62. The maximum Gasteiger partial charge on any atom is 0.220 e. The van der Waals surface area contributed by atoms with E-state index in [0.717, 1.165) is 24.0 Å². The number of hydrogen-bond donors (Lipinski definition) is 1. The van der Waals surface area contributed by atoms with E-state index in [1.165, 1.54) is 0 Å². The number of ether oxygens (including phenoxy) is 1. The summed E-state index contributed by atoms with van der Waals surface area (Å²) in [4.78, 5) is 16.3. The molecule has 1 aliphatic carbocycles. The quantitative estimate of drug-likeness (QED) is 0.792. The van der Waals surface area contributed by atoms with Gasteiger partial charge in [-0.1, -0.05) is 48.6 Å². The average molecular weight is 322 g/mol. The molecule has 1 heterocycles. The number of carbonyl (C=O) groups excluding carboxylic acids is 1. The van der Waals surface area contributed by atoms with Crippen molar-refractivity contribution in [3.63, 3.8) is 0 Å². The van der Waals surface area contributed by atoms with Crippen LogP contribution in [0.5, 0.6) is 5.88 Å². The van der Waals surface area contributed by atoms with E-state index in [4.69, 9.17) is 4.74 Å². The molecule has 0 bridgehead atoms. The molecule has 4 heteroatoms. The molecule has 4 nitrogen and oxygen atoms in total. The van der Waals surface area contributed by atoms with E-state index >= 15 is 0 Å². The molecule has 1 aliphatic rings. The number of rotatable bonds is 7. The highest BCUT2D eigenvalue weighted by molar-refractivity contribution is 5.76. The van der Waals surface area contributed by atoms with Gasteiger partial charge in [-0.05, 0) is 30.4 Å². The molecule has 0 spiro atoms. The van der Waals surface area contributed by atoms with Crippen molar-refractivity contribution in [1.82, 2.24) is 10.3 Å². The van der Waals surface area contributed by atoms with E-state index in [-0.39, 0.29) is 5.91 Å². The lowest BCUT2D eigenvalue weighted by Crippen LogP contribution is -2.24. The van der Waals surface area contributed by atoms with Crippen molar-refractivity contribution < 1.29 is 9.53 Å². The van der Waals surface area contributed by atoms with Crippen LogP contribution in [0.1, 0.15) is 30.4 Å². The van der Waals surface area contributed by atoms with Gasteiger partial charge >= 0.3 is 0 Å². The zero-order valence-electron chi connectivity index (χ0n) is 13.7. The molecule has 124 valence electrons. The summed E-state index contributed by atoms with van der Waals surface area (Å²) in [6.45, 7) is 0.902. The lowest BCUT2D eigenvalue weighted by Gasteiger charge is -2.12. The first-order valence-electron chi connectivity index (χ1n) is 8.35. The fourth-order valence-corrected chi connectivity index (χ4v) is 2.78. The summed E-state index contributed by atoms with van der Waals surface area (Å²) in [5.41, 5.74) is 1.98. The van der Waals surface area contributed by atoms with Crippen LogP contribution in [-0.4, -0.2) is 10.9 Å². The third-order valence-corrected chi connectivity index (χ3v) is 4.10. The minimum Gasteiger partial charge on any atom is -0.473 e. The third-order valence-electron chi connectivity index (χ3n) is 4.10. The van der Waals surface area contributed by atoms with Gasteiger partial charge in [0.15, 0.2) is 0 Å². The van der Waals surface area contributed by atoms with Crippen molar-refractivity contribution in [1.29, 1.82) is 0 Å². The number of hydrogen-bond acceptors (Lipinski definition) is 3. The van der Waals surface area contributed by atoms with Gasteiger partial charge < -0.3 is 10.1 Å². The molecule has 1 N–H and O–H groups in total. The van der Waals surface area contributed by atoms with Crippen LogP contribution in [0.25, 0.3) is 0 Å². The monoisotopic (exact) mass is 322 g/mol. The molecule has 0 radical (unpaired) electrons. The predicted octanol–water partition coefficient (Wildman–Crippen LogP) is 3.63. The van der Waals surface area contributed by atoms with E-state index < -0.39 is 0 Å². The SMILES string of the molecule is O=C(CC1C=CCC1)NCc1cccnc1OCc1ccccc1. The smallest absolute Gasteiger partial charge is 0.220 e. The first-order chi connectivity index (χ1) is 11.8. The van der Waals surface area contributed by atoms with Crippen molar-refractivity contribution in [2.75, 3.05) is 0 Å². The maximum atomic E-state index is 12.1. The summed E-state index contributed by atoms with van der Waals surface area (Å²) < 4.78 is 5.82. The van der Waals surface area contributed by atoms with E-state index in [0.29, 0.717) is 31.4 Å². The lowest BCUT2D eigenvalue weighted by atomic mass is 10.1. The molecule has 0 saturated heterocycles. The van der Waals surface area contributed by atoms with Gasteiger partial charge in [-0.3, -0.25) is 4.79 Å². The van der Waals surface area contributed by atoms with Gasteiger partial charge in [0.1, 0.15) is 6.61 Å². The molecule has 24 heavy (non-hydrogen) atoms. The van der Waals surface area contributed by atoms with Crippen LogP contribution in [0.4, 0.5) is 0 Å². The second-order valence-electron chi connectivity index (χ2n) is 5.99. The van der Waals surface area contributed by atoms with Crippen molar-refractivity contribution in [3.8, 4) is 5.88 Å². The number of nitrogens with one attached hydrogen (secondary N) is 1. The number of allylic oxidation sites excluding steroid dienone is 2. The molecule has 1 aromatic heterocycles. The largest absolute Gasteiger partial charge is 0.473 e. The van der Waals surface area contributed by atoms with Gasteiger partial charge in [0.2, 0.25) is 11.8 Å². The van der Waals surface area contributed by atoms with E-state index in [9.17, 15) is 4.79 Å². The van der Waals surface area contributed by atoms with Crippen LogP contribution in [0.2, 0.25) is 0 Å². The molecule has 0 fully saturated rings. The molecule has 0 saturated carbocycles. The first kappa shape index (κ1) is 16.2. The molecule has 1 atom stereocenters. The number of nitrogens with zero attached hydrogens (tertiary/aromatic N) is 1. The zero-order valence-corrected chi connectivity index (χ0v) is 13.7. The molecule has 1 amide bonds. The Bertz CT molecular complexity index is 698. The van der Waals surface area contributed by atoms with Crippen LogP contribution in [0, 0.1) is 5.92 Å². The van der Waals surface area contributed by atoms with Crippen LogP contribution in [-0.2, 0) is 17.9 Å². The summed E-state index contributed by atoms with van der Waals surface area (Å²) in [6.07, 6.45) is 8.70. The molecular formula is C20H22N2O2. The van der Waals surface area contributed by atoms with Gasteiger partial charge in [0.05, 0.1) is 0 Å². The Morgan fingerprint density at radius 3 is 2.88 bits per heavy atom. The van der Waals surface area contributed by atoms with Crippen molar-refractivity contribution >= 4 is 5.91 Å². The minimum atomic E-state index is 0.0735. The van der Waals surface area contributed by atoms with Crippen LogP contribution in [0.15, 0.2) is 60.8 Å². The van der Waals surface area contributed by atoms with Crippen LogP contribution < -0.4 is 10.1 Å². The van der Waals surface area contributed by atoms with Crippen molar-refractivity contribution in [3.05, 3.63) is 71.9 Å². The second-order valence-corrected chi connectivity index (χ2v) is 5.99. The summed E-state index contributed by atoms with van der Waals surface area (Å²) >= 11 is 0. The van der Waals surface area contributed by atoms with Crippen LogP contribution in [0.3, 0.4) is 0 Å². The fourth-order valence-electron chi connectivity index (χ4n) is 2.78. The fraction of sp³-hybridized carbons (Fsp3) is 0.300. The Balaban J connectivity index is 1.53. The van der Waals surface area contributed by atoms with Gasteiger partial charge in [-0.2, -0.15) is 0 Å². The topological polar surface area (TPSA) is 51.2 Å². The van der Waals surface area contributed by atoms with Crippen molar-refractivity contribution in [2.45, 2.75) is 32.4 Å². The number of pyridine rings is 1. The Morgan fingerprint density at radius 2 is 2.08 bits per heavy atom. The summed E-state index contributed by atoms with van der Waals surface area (Å²) in [5, 5.41) is 2.97. The summed E-state index contributed by atoms with van der Waals surface area (Å²) in [7, 11) is 0.